The summed E-state index contributed by atoms with van der Waals surface area (Å²) in [6.45, 7) is 5.45. The molecule has 1 aliphatic rings. The molecule has 1 aromatic rings. The number of nitrogens with one attached hydrogen (secondary N) is 2. The van der Waals surface area contributed by atoms with Gasteiger partial charge in [-0.15, -0.1) is 0 Å². The first-order valence-electron chi connectivity index (χ1n) is 6.24. The Kier molecular flexibility index (Phi) is 3.65. The molecule has 0 bridgehead atoms. The van der Waals surface area contributed by atoms with Crippen molar-refractivity contribution in [2.45, 2.75) is 39.2 Å². The highest BCUT2D eigenvalue weighted by atomic mass is 15.0. The Morgan fingerprint density at radius 1 is 1.44 bits per heavy atom. The standard InChI is InChI=1S/C13H21N3/c1-3-5-14-13-9-11(4-6-15-13)16-12-7-10(2)8-12/h4,6,9-10,12H,3,5,7-8H2,1-2H3,(H2,14,15,16). The van der Waals surface area contributed by atoms with Crippen molar-refractivity contribution in [3.63, 3.8) is 0 Å². The summed E-state index contributed by atoms with van der Waals surface area (Å²) in [6, 6.07) is 4.80. The van der Waals surface area contributed by atoms with Crippen LogP contribution in [0.4, 0.5) is 11.5 Å². The van der Waals surface area contributed by atoms with Gasteiger partial charge in [0.1, 0.15) is 5.82 Å². The second-order valence-corrected chi connectivity index (χ2v) is 4.77. The van der Waals surface area contributed by atoms with Crippen LogP contribution in [0.1, 0.15) is 33.1 Å². The maximum atomic E-state index is 4.29. The number of pyridine rings is 1. The molecule has 1 heterocycles. The average molecular weight is 219 g/mol. The fraction of sp³-hybridized carbons (Fsp3) is 0.615. The van der Waals surface area contributed by atoms with Gasteiger partial charge in [-0.2, -0.15) is 0 Å². The van der Waals surface area contributed by atoms with E-state index in [0.717, 1.165) is 24.7 Å². The average Bonchev–Trinajstić information content (AvgIpc) is 2.25. The van der Waals surface area contributed by atoms with Crippen LogP contribution in [-0.4, -0.2) is 17.6 Å². The molecule has 0 unspecified atom stereocenters. The molecule has 1 saturated carbocycles. The quantitative estimate of drug-likeness (QED) is 0.799. The molecule has 1 aliphatic carbocycles. The number of hydrogen-bond acceptors (Lipinski definition) is 3. The van der Waals surface area contributed by atoms with Gasteiger partial charge in [0.25, 0.3) is 0 Å². The van der Waals surface area contributed by atoms with E-state index >= 15 is 0 Å². The van der Waals surface area contributed by atoms with Crippen molar-refractivity contribution in [3.8, 4) is 0 Å². The van der Waals surface area contributed by atoms with E-state index in [4.69, 9.17) is 0 Å². The van der Waals surface area contributed by atoms with Crippen molar-refractivity contribution < 1.29 is 0 Å². The minimum absolute atomic E-state index is 0.663. The maximum absolute atomic E-state index is 4.29. The molecule has 1 aromatic heterocycles. The molecule has 1 fully saturated rings. The fourth-order valence-electron chi connectivity index (χ4n) is 2.13. The highest BCUT2D eigenvalue weighted by Crippen LogP contribution is 2.29. The molecule has 2 N–H and O–H groups in total. The monoisotopic (exact) mass is 219 g/mol. The Bertz CT molecular complexity index is 332. The number of nitrogens with zero attached hydrogens (tertiary/aromatic N) is 1. The Morgan fingerprint density at radius 2 is 2.25 bits per heavy atom. The number of aromatic nitrogens is 1. The molecule has 0 atom stereocenters. The van der Waals surface area contributed by atoms with Gasteiger partial charge in [-0.25, -0.2) is 4.98 Å². The topological polar surface area (TPSA) is 37.0 Å². The van der Waals surface area contributed by atoms with Crippen LogP contribution >= 0.6 is 0 Å². The van der Waals surface area contributed by atoms with Crippen LogP contribution in [0, 0.1) is 5.92 Å². The van der Waals surface area contributed by atoms with Gasteiger partial charge in [-0.1, -0.05) is 13.8 Å². The summed E-state index contributed by atoms with van der Waals surface area (Å²) < 4.78 is 0. The lowest BCUT2D eigenvalue weighted by atomic mass is 9.82. The van der Waals surface area contributed by atoms with Gasteiger partial charge >= 0.3 is 0 Å². The first-order valence-corrected chi connectivity index (χ1v) is 6.24. The van der Waals surface area contributed by atoms with Crippen LogP contribution in [0.2, 0.25) is 0 Å². The first kappa shape index (κ1) is 11.2. The highest BCUT2D eigenvalue weighted by Gasteiger charge is 2.24. The van der Waals surface area contributed by atoms with Gasteiger partial charge in [-0.05, 0) is 31.2 Å². The molecule has 0 aromatic carbocycles. The lowest BCUT2D eigenvalue weighted by Crippen LogP contribution is -2.33. The van der Waals surface area contributed by atoms with Crippen LogP contribution in [0.25, 0.3) is 0 Å². The highest BCUT2D eigenvalue weighted by molar-refractivity contribution is 5.52. The summed E-state index contributed by atoms with van der Waals surface area (Å²) in [5.41, 5.74) is 1.19. The summed E-state index contributed by atoms with van der Waals surface area (Å²) >= 11 is 0. The van der Waals surface area contributed by atoms with Gasteiger partial charge in [-0.3, -0.25) is 0 Å². The van der Waals surface area contributed by atoms with E-state index in [1.54, 1.807) is 0 Å². The fourth-order valence-corrected chi connectivity index (χ4v) is 2.13. The number of hydrogen-bond donors (Lipinski definition) is 2. The number of rotatable bonds is 5. The zero-order valence-electron chi connectivity index (χ0n) is 10.2. The summed E-state index contributed by atoms with van der Waals surface area (Å²) in [7, 11) is 0. The Balaban J connectivity index is 1.88. The van der Waals surface area contributed by atoms with E-state index in [1.807, 2.05) is 12.3 Å². The second kappa shape index (κ2) is 5.19. The third kappa shape index (κ3) is 2.87. The third-order valence-electron chi connectivity index (χ3n) is 3.06. The molecule has 16 heavy (non-hydrogen) atoms. The van der Waals surface area contributed by atoms with Crippen molar-refractivity contribution in [1.82, 2.24) is 4.98 Å². The van der Waals surface area contributed by atoms with Crippen LogP contribution in [0.3, 0.4) is 0 Å². The zero-order chi connectivity index (χ0) is 11.4. The molecule has 3 heteroatoms. The zero-order valence-corrected chi connectivity index (χ0v) is 10.2. The van der Waals surface area contributed by atoms with Gasteiger partial charge in [0.15, 0.2) is 0 Å². The second-order valence-electron chi connectivity index (χ2n) is 4.77. The normalized spacial score (nSPS) is 23.6. The summed E-state index contributed by atoms with van der Waals surface area (Å²) in [5.74, 6) is 1.86. The Morgan fingerprint density at radius 3 is 2.94 bits per heavy atom. The minimum atomic E-state index is 0.663. The van der Waals surface area contributed by atoms with Crippen molar-refractivity contribution in [2.24, 2.45) is 5.92 Å². The predicted molar refractivity (Wildman–Crippen MR) is 68.8 cm³/mol. The third-order valence-corrected chi connectivity index (χ3v) is 3.06. The van der Waals surface area contributed by atoms with Crippen molar-refractivity contribution in [3.05, 3.63) is 18.3 Å². The van der Waals surface area contributed by atoms with Crippen molar-refractivity contribution in [2.75, 3.05) is 17.2 Å². The molecule has 0 saturated heterocycles. The summed E-state index contributed by atoms with van der Waals surface area (Å²) in [5, 5.41) is 6.85. The van der Waals surface area contributed by atoms with Crippen LogP contribution in [0.5, 0.6) is 0 Å². The molecular formula is C13H21N3. The van der Waals surface area contributed by atoms with Crippen molar-refractivity contribution >= 4 is 11.5 Å². The lowest BCUT2D eigenvalue weighted by Gasteiger charge is -2.34. The molecule has 0 radical (unpaired) electrons. The first-order chi connectivity index (χ1) is 7.78. The molecule has 0 aliphatic heterocycles. The largest absolute Gasteiger partial charge is 0.382 e. The van der Waals surface area contributed by atoms with E-state index in [-0.39, 0.29) is 0 Å². The molecule has 88 valence electrons. The van der Waals surface area contributed by atoms with Crippen LogP contribution in [-0.2, 0) is 0 Å². The molecular weight excluding hydrogens is 198 g/mol. The smallest absolute Gasteiger partial charge is 0.127 e. The van der Waals surface area contributed by atoms with E-state index in [2.05, 4.69) is 35.5 Å². The minimum Gasteiger partial charge on any atom is -0.382 e. The van der Waals surface area contributed by atoms with Gasteiger partial charge < -0.3 is 10.6 Å². The van der Waals surface area contributed by atoms with Gasteiger partial charge in [0.05, 0.1) is 0 Å². The van der Waals surface area contributed by atoms with E-state index in [1.165, 1.54) is 18.5 Å². The van der Waals surface area contributed by atoms with Crippen LogP contribution < -0.4 is 10.6 Å². The maximum Gasteiger partial charge on any atom is 0.127 e. The lowest BCUT2D eigenvalue weighted by molar-refractivity contribution is 0.309. The molecule has 2 rings (SSSR count). The molecule has 0 spiro atoms. The van der Waals surface area contributed by atoms with Crippen LogP contribution in [0.15, 0.2) is 18.3 Å². The molecule has 0 amide bonds. The summed E-state index contributed by atoms with van der Waals surface area (Å²) in [6.07, 6.45) is 5.57. The van der Waals surface area contributed by atoms with E-state index in [9.17, 15) is 0 Å². The Labute approximate surface area is 97.7 Å². The van der Waals surface area contributed by atoms with Crippen molar-refractivity contribution in [1.29, 1.82) is 0 Å². The number of anilines is 2. The predicted octanol–water partition coefficient (Wildman–Crippen LogP) is 3.11. The van der Waals surface area contributed by atoms with Gasteiger partial charge in [0, 0.05) is 30.5 Å². The molecule has 3 nitrogen and oxygen atoms in total. The Hall–Kier alpha value is -1.25. The SMILES string of the molecule is CCCNc1cc(NC2CC(C)C2)ccn1. The van der Waals surface area contributed by atoms with Gasteiger partial charge in [0.2, 0.25) is 0 Å². The van der Waals surface area contributed by atoms with E-state index < -0.39 is 0 Å². The van der Waals surface area contributed by atoms with E-state index in [0.29, 0.717) is 6.04 Å². The summed E-state index contributed by atoms with van der Waals surface area (Å²) in [4.78, 5) is 4.29.